The highest BCUT2D eigenvalue weighted by atomic mass is 16.5. The summed E-state index contributed by atoms with van der Waals surface area (Å²) in [6.45, 7) is 0.421. The summed E-state index contributed by atoms with van der Waals surface area (Å²) < 4.78 is 17.3. The largest absolute Gasteiger partial charge is 0.497 e. The summed E-state index contributed by atoms with van der Waals surface area (Å²) in [6, 6.07) is 14.8. The lowest BCUT2D eigenvalue weighted by molar-refractivity contribution is -0.116. The second-order valence-corrected chi connectivity index (χ2v) is 8.80. The number of anilines is 1. The first-order valence-corrected chi connectivity index (χ1v) is 11.5. The Morgan fingerprint density at radius 1 is 1.14 bits per heavy atom. The topological polar surface area (TPSA) is 111 Å². The molecule has 3 amide bonds. The van der Waals surface area contributed by atoms with Crippen LogP contribution in [0.5, 0.6) is 23.0 Å². The molecule has 0 bridgehead atoms. The van der Waals surface area contributed by atoms with Crippen molar-refractivity contribution in [2.24, 2.45) is 0 Å². The van der Waals surface area contributed by atoms with Crippen molar-refractivity contribution >= 4 is 17.8 Å². The number of rotatable bonds is 6. The van der Waals surface area contributed by atoms with Gasteiger partial charge in [-0.15, -0.1) is 0 Å². The van der Waals surface area contributed by atoms with Gasteiger partial charge in [0.15, 0.2) is 0 Å². The van der Waals surface area contributed by atoms with Crippen LogP contribution in [0.3, 0.4) is 0 Å². The maximum Gasteiger partial charge on any atom is 0.315 e. The number of amides is 3. The SMILES string of the molecule is COc1ccc(CNC(=O)NC2C3Oc4ccc(Oc5ccnc6c5CCC(=O)N6)cc4C23)cc1. The first kappa shape index (κ1) is 21.3. The minimum Gasteiger partial charge on any atom is -0.497 e. The van der Waals surface area contributed by atoms with Crippen LogP contribution in [0.25, 0.3) is 0 Å². The number of ether oxygens (including phenoxy) is 3. The van der Waals surface area contributed by atoms with Gasteiger partial charge < -0.3 is 30.2 Å². The lowest BCUT2D eigenvalue weighted by Crippen LogP contribution is -2.38. The van der Waals surface area contributed by atoms with E-state index in [-0.39, 0.29) is 30.0 Å². The van der Waals surface area contributed by atoms with Crippen LogP contribution in [0, 0.1) is 0 Å². The third-order valence-electron chi connectivity index (χ3n) is 6.57. The van der Waals surface area contributed by atoms with Gasteiger partial charge in [0, 0.05) is 30.3 Å². The average molecular weight is 473 g/mol. The predicted octanol–water partition coefficient (Wildman–Crippen LogP) is 3.49. The van der Waals surface area contributed by atoms with E-state index in [0.717, 1.165) is 28.2 Å². The van der Waals surface area contributed by atoms with Gasteiger partial charge in [-0.3, -0.25) is 4.79 Å². The number of pyridine rings is 1. The smallest absolute Gasteiger partial charge is 0.315 e. The molecule has 9 heteroatoms. The van der Waals surface area contributed by atoms with Crippen molar-refractivity contribution in [3.63, 3.8) is 0 Å². The number of carbonyl (C=O) groups excluding carboxylic acids is 2. The second-order valence-electron chi connectivity index (χ2n) is 8.80. The van der Waals surface area contributed by atoms with E-state index < -0.39 is 0 Å². The van der Waals surface area contributed by atoms with Crippen LogP contribution in [0.4, 0.5) is 10.6 Å². The number of hydrogen-bond acceptors (Lipinski definition) is 6. The summed E-state index contributed by atoms with van der Waals surface area (Å²) in [6.07, 6.45) is 2.54. The first-order valence-electron chi connectivity index (χ1n) is 11.5. The third kappa shape index (κ3) is 4.09. The summed E-state index contributed by atoms with van der Waals surface area (Å²) in [4.78, 5) is 28.3. The van der Waals surface area contributed by atoms with Crippen molar-refractivity contribution in [3.8, 4) is 23.0 Å². The van der Waals surface area contributed by atoms with E-state index in [2.05, 4.69) is 20.9 Å². The van der Waals surface area contributed by atoms with Gasteiger partial charge in [0.2, 0.25) is 5.91 Å². The molecule has 1 saturated carbocycles. The molecule has 3 N–H and O–H groups in total. The Hall–Kier alpha value is -4.27. The van der Waals surface area contributed by atoms with E-state index in [0.29, 0.717) is 36.7 Å². The van der Waals surface area contributed by atoms with Crippen molar-refractivity contribution in [2.75, 3.05) is 12.4 Å². The summed E-state index contributed by atoms with van der Waals surface area (Å²) in [5.41, 5.74) is 2.89. The molecule has 3 aliphatic rings. The lowest BCUT2D eigenvalue weighted by atomic mass is 10.1. The van der Waals surface area contributed by atoms with E-state index in [4.69, 9.17) is 14.2 Å². The number of methoxy groups -OCH3 is 1. The predicted molar refractivity (Wildman–Crippen MR) is 127 cm³/mol. The highest BCUT2D eigenvalue weighted by molar-refractivity contribution is 5.93. The van der Waals surface area contributed by atoms with Gasteiger partial charge >= 0.3 is 6.03 Å². The molecule has 3 heterocycles. The highest BCUT2D eigenvalue weighted by Crippen LogP contribution is 2.54. The van der Waals surface area contributed by atoms with Crippen LogP contribution in [0.2, 0.25) is 0 Å². The molecule has 0 saturated heterocycles. The van der Waals surface area contributed by atoms with E-state index >= 15 is 0 Å². The van der Waals surface area contributed by atoms with Gasteiger partial charge in [-0.05, 0) is 48.4 Å². The van der Waals surface area contributed by atoms with Crippen LogP contribution in [0.1, 0.15) is 29.0 Å². The first-order chi connectivity index (χ1) is 17.1. The maximum atomic E-state index is 12.4. The molecular weight excluding hydrogens is 448 g/mol. The molecule has 178 valence electrons. The Kier molecular flexibility index (Phi) is 5.17. The second kappa shape index (κ2) is 8.50. The minimum absolute atomic E-state index is 0.0387. The summed E-state index contributed by atoms with van der Waals surface area (Å²) >= 11 is 0. The fourth-order valence-electron chi connectivity index (χ4n) is 4.68. The number of hydrogen-bond donors (Lipinski definition) is 3. The van der Waals surface area contributed by atoms with Crippen LogP contribution >= 0.6 is 0 Å². The van der Waals surface area contributed by atoms with Crippen molar-refractivity contribution < 1.29 is 23.8 Å². The van der Waals surface area contributed by atoms with Crippen LogP contribution in [-0.2, 0) is 17.8 Å². The molecule has 6 rings (SSSR count). The van der Waals surface area contributed by atoms with Gasteiger partial charge in [-0.1, -0.05) is 12.1 Å². The molecule has 0 radical (unpaired) electrons. The Balaban J connectivity index is 1.09. The fraction of sp³-hybridized carbons (Fsp3) is 0.269. The molecule has 9 nitrogen and oxygen atoms in total. The van der Waals surface area contributed by atoms with Gasteiger partial charge in [0.1, 0.15) is 34.9 Å². The Labute approximate surface area is 201 Å². The van der Waals surface area contributed by atoms with Crippen LogP contribution < -0.4 is 30.2 Å². The zero-order chi connectivity index (χ0) is 23.9. The monoisotopic (exact) mass is 472 g/mol. The molecule has 3 unspecified atom stereocenters. The Morgan fingerprint density at radius 2 is 1.97 bits per heavy atom. The van der Waals surface area contributed by atoms with Gasteiger partial charge in [-0.25, -0.2) is 9.78 Å². The molecular formula is C26H24N4O5. The molecule has 2 aromatic carbocycles. The maximum absolute atomic E-state index is 12.4. The Morgan fingerprint density at radius 3 is 2.80 bits per heavy atom. The number of nitrogens with one attached hydrogen (secondary N) is 3. The number of nitrogens with zero attached hydrogens (tertiary/aromatic N) is 1. The fourth-order valence-corrected chi connectivity index (χ4v) is 4.68. The number of fused-ring (bicyclic) bond motifs is 4. The third-order valence-corrected chi connectivity index (χ3v) is 6.57. The molecule has 35 heavy (non-hydrogen) atoms. The lowest BCUT2D eigenvalue weighted by Gasteiger charge is -2.19. The normalized spacial score (nSPS) is 20.9. The van der Waals surface area contributed by atoms with Gasteiger partial charge in [-0.2, -0.15) is 0 Å². The molecule has 3 aromatic rings. The molecule has 2 aliphatic heterocycles. The number of urea groups is 1. The molecule has 1 aliphatic carbocycles. The zero-order valence-corrected chi connectivity index (χ0v) is 19.0. The van der Waals surface area contributed by atoms with Crippen LogP contribution in [-0.4, -0.2) is 36.2 Å². The zero-order valence-electron chi connectivity index (χ0n) is 19.0. The molecule has 3 atom stereocenters. The van der Waals surface area contributed by atoms with Crippen molar-refractivity contribution in [3.05, 3.63) is 71.4 Å². The summed E-state index contributed by atoms with van der Waals surface area (Å²) in [5, 5.41) is 8.69. The Bertz CT molecular complexity index is 1310. The van der Waals surface area contributed by atoms with Gasteiger partial charge in [0.25, 0.3) is 0 Å². The number of aromatic nitrogens is 1. The summed E-state index contributed by atoms with van der Waals surface area (Å²) in [7, 11) is 1.62. The summed E-state index contributed by atoms with van der Waals surface area (Å²) in [5.74, 6) is 3.54. The standard InChI is InChI=1S/C26H24N4O5/c1-33-15-4-2-14(3-5-15)13-28-26(32)30-23-22-18-12-16(6-8-19(18)35-24(22)23)34-20-10-11-27-25-17(20)7-9-21(31)29-25/h2-6,8,10-12,22-24H,7,9,13H2,1H3,(H,27,29,31)(H2,28,30,32). The molecule has 1 fully saturated rings. The number of benzene rings is 2. The van der Waals surface area contributed by atoms with Crippen molar-refractivity contribution in [1.29, 1.82) is 0 Å². The van der Waals surface area contributed by atoms with Crippen LogP contribution in [0.15, 0.2) is 54.7 Å². The van der Waals surface area contributed by atoms with E-state index in [1.807, 2.05) is 42.5 Å². The quantitative estimate of drug-likeness (QED) is 0.507. The van der Waals surface area contributed by atoms with Gasteiger partial charge in [0.05, 0.1) is 19.1 Å². The average Bonchev–Trinajstić information content (AvgIpc) is 3.39. The minimum atomic E-state index is -0.233. The molecule has 0 spiro atoms. The van der Waals surface area contributed by atoms with Crippen molar-refractivity contribution in [1.82, 2.24) is 15.6 Å². The highest BCUT2D eigenvalue weighted by Gasteiger charge is 2.59. The molecule has 1 aromatic heterocycles. The van der Waals surface area contributed by atoms with Crippen molar-refractivity contribution in [2.45, 2.75) is 37.5 Å². The van der Waals surface area contributed by atoms with E-state index in [9.17, 15) is 9.59 Å². The van der Waals surface area contributed by atoms with E-state index in [1.165, 1.54) is 0 Å². The number of carbonyl (C=O) groups is 2. The van der Waals surface area contributed by atoms with E-state index in [1.54, 1.807) is 19.4 Å².